The van der Waals surface area contributed by atoms with E-state index in [1.54, 1.807) is 0 Å². The second kappa shape index (κ2) is 8.60. The Labute approximate surface area is 94.4 Å². The molecule has 0 rings (SSSR count). The third-order valence-electron chi connectivity index (χ3n) is 2.02. The van der Waals surface area contributed by atoms with Gasteiger partial charge in [0.1, 0.15) is 0 Å². The third kappa shape index (κ3) is 8.89. The summed E-state index contributed by atoms with van der Waals surface area (Å²) in [4.78, 5) is 0. The molecule has 0 heterocycles. The van der Waals surface area contributed by atoms with E-state index in [1.807, 2.05) is 0 Å². The molecule has 0 aromatic rings. The fourth-order valence-corrected chi connectivity index (χ4v) is 2.66. The lowest BCUT2D eigenvalue weighted by molar-refractivity contribution is 0.456. The molecular weight excluding hydrogens is 190 g/mol. The van der Waals surface area contributed by atoms with Crippen molar-refractivity contribution < 1.29 is 0 Å². The Morgan fingerprint density at radius 1 is 1.00 bits per heavy atom. The van der Waals surface area contributed by atoms with E-state index >= 15 is 0 Å². The molecule has 1 atom stereocenters. The van der Waals surface area contributed by atoms with Crippen molar-refractivity contribution in [1.29, 1.82) is 0 Å². The number of nitrogens with one attached hydrogen (secondary N) is 1. The monoisotopic (exact) mass is 217 g/mol. The summed E-state index contributed by atoms with van der Waals surface area (Å²) < 4.78 is 0. The normalized spacial score (nSPS) is 13.9. The average molecular weight is 217 g/mol. The van der Waals surface area contributed by atoms with Gasteiger partial charge in [0.15, 0.2) is 0 Å². The van der Waals surface area contributed by atoms with Crippen molar-refractivity contribution in [3.63, 3.8) is 0 Å². The molecule has 14 heavy (non-hydrogen) atoms. The van der Waals surface area contributed by atoms with Gasteiger partial charge in [0.25, 0.3) is 0 Å². The van der Waals surface area contributed by atoms with Crippen LogP contribution in [0.4, 0.5) is 0 Å². The van der Waals surface area contributed by atoms with Crippen LogP contribution in [0.15, 0.2) is 0 Å². The zero-order valence-corrected chi connectivity index (χ0v) is 11.3. The van der Waals surface area contributed by atoms with Gasteiger partial charge in [0.05, 0.1) is 0 Å². The molecule has 0 aliphatic rings. The predicted octanol–water partition coefficient (Wildman–Crippen LogP) is 3.40. The van der Waals surface area contributed by atoms with E-state index in [-0.39, 0.29) is 0 Å². The minimum atomic E-state index is 0.712. The molecular formula is C12H27NS. The smallest absolute Gasteiger partial charge is 0.0160 e. The molecule has 1 nitrogen and oxygen atoms in total. The zero-order valence-electron chi connectivity index (χ0n) is 10.5. The topological polar surface area (TPSA) is 12.0 Å². The maximum Gasteiger partial charge on any atom is 0.0160 e. The molecule has 1 unspecified atom stereocenters. The molecule has 0 radical (unpaired) electrons. The first-order valence-corrected chi connectivity index (χ1v) is 7.02. The average Bonchev–Trinajstić information content (AvgIpc) is 2.02. The summed E-state index contributed by atoms with van der Waals surface area (Å²) in [5, 5.41) is 3.57. The number of hydrogen-bond donors (Lipinski definition) is 1. The Hall–Kier alpha value is 0.310. The van der Waals surface area contributed by atoms with Gasteiger partial charge in [-0.3, -0.25) is 0 Å². The Bertz CT molecular complexity index is 123. The van der Waals surface area contributed by atoms with E-state index in [0.717, 1.165) is 18.4 Å². The summed E-state index contributed by atoms with van der Waals surface area (Å²) in [6.07, 6.45) is 1.30. The summed E-state index contributed by atoms with van der Waals surface area (Å²) in [6, 6.07) is 0.712. The number of hydrogen-bond acceptors (Lipinski definition) is 2. The summed E-state index contributed by atoms with van der Waals surface area (Å²) in [5.41, 5.74) is 0. The van der Waals surface area contributed by atoms with Gasteiger partial charge in [-0.2, -0.15) is 11.8 Å². The SMILES string of the molecule is CCNC(CSCC(C)C)CC(C)C. The van der Waals surface area contributed by atoms with Crippen molar-refractivity contribution in [1.82, 2.24) is 5.32 Å². The van der Waals surface area contributed by atoms with E-state index in [1.165, 1.54) is 17.9 Å². The minimum Gasteiger partial charge on any atom is -0.313 e. The summed E-state index contributed by atoms with van der Waals surface area (Å²) >= 11 is 2.09. The van der Waals surface area contributed by atoms with E-state index in [2.05, 4.69) is 51.7 Å². The van der Waals surface area contributed by atoms with Crippen LogP contribution in [0, 0.1) is 11.8 Å². The second-order valence-electron chi connectivity index (χ2n) is 4.82. The van der Waals surface area contributed by atoms with Crippen LogP contribution in [-0.2, 0) is 0 Å². The van der Waals surface area contributed by atoms with Crippen molar-refractivity contribution in [3.8, 4) is 0 Å². The lowest BCUT2D eigenvalue weighted by Gasteiger charge is -2.19. The van der Waals surface area contributed by atoms with Gasteiger partial charge in [0.2, 0.25) is 0 Å². The molecule has 1 N–H and O–H groups in total. The van der Waals surface area contributed by atoms with Crippen LogP contribution in [0.25, 0.3) is 0 Å². The standard InChI is InChI=1S/C12H27NS/c1-6-13-12(7-10(2)3)9-14-8-11(4)5/h10-13H,6-9H2,1-5H3. The molecule has 0 aliphatic carbocycles. The summed E-state index contributed by atoms with van der Waals surface area (Å²) in [5.74, 6) is 4.18. The van der Waals surface area contributed by atoms with Gasteiger partial charge < -0.3 is 5.32 Å². The van der Waals surface area contributed by atoms with Crippen molar-refractivity contribution in [3.05, 3.63) is 0 Å². The highest BCUT2D eigenvalue weighted by atomic mass is 32.2. The highest BCUT2D eigenvalue weighted by Crippen LogP contribution is 2.13. The van der Waals surface area contributed by atoms with Crippen molar-refractivity contribution in [2.24, 2.45) is 11.8 Å². The highest BCUT2D eigenvalue weighted by Gasteiger charge is 2.09. The molecule has 0 fully saturated rings. The first-order valence-electron chi connectivity index (χ1n) is 5.87. The number of rotatable bonds is 8. The molecule has 0 bridgehead atoms. The van der Waals surface area contributed by atoms with Crippen LogP contribution in [0.2, 0.25) is 0 Å². The first kappa shape index (κ1) is 14.3. The van der Waals surface area contributed by atoms with Crippen LogP contribution in [0.3, 0.4) is 0 Å². The summed E-state index contributed by atoms with van der Waals surface area (Å²) in [7, 11) is 0. The van der Waals surface area contributed by atoms with Gasteiger partial charge in [-0.25, -0.2) is 0 Å². The van der Waals surface area contributed by atoms with Gasteiger partial charge in [0, 0.05) is 11.8 Å². The molecule has 2 heteroatoms. The van der Waals surface area contributed by atoms with Gasteiger partial charge in [-0.05, 0) is 30.6 Å². The molecule has 0 amide bonds. The maximum absolute atomic E-state index is 3.57. The minimum absolute atomic E-state index is 0.712. The largest absolute Gasteiger partial charge is 0.313 e. The quantitative estimate of drug-likeness (QED) is 0.669. The molecule has 0 aromatic carbocycles. The van der Waals surface area contributed by atoms with Crippen molar-refractivity contribution in [2.75, 3.05) is 18.1 Å². The van der Waals surface area contributed by atoms with Crippen LogP contribution in [-0.4, -0.2) is 24.1 Å². The van der Waals surface area contributed by atoms with Crippen molar-refractivity contribution >= 4 is 11.8 Å². The molecule has 0 spiro atoms. The van der Waals surface area contributed by atoms with Crippen LogP contribution in [0.5, 0.6) is 0 Å². The van der Waals surface area contributed by atoms with Gasteiger partial charge >= 0.3 is 0 Å². The van der Waals surface area contributed by atoms with Gasteiger partial charge in [-0.1, -0.05) is 34.6 Å². The lowest BCUT2D eigenvalue weighted by atomic mass is 10.1. The van der Waals surface area contributed by atoms with E-state index < -0.39 is 0 Å². The Morgan fingerprint density at radius 3 is 2.07 bits per heavy atom. The Kier molecular flexibility index (Phi) is 8.80. The molecule has 86 valence electrons. The molecule has 0 saturated carbocycles. The van der Waals surface area contributed by atoms with Crippen LogP contribution < -0.4 is 5.32 Å². The van der Waals surface area contributed by atoms with Crippen LogP contribution in [0.1, 0.15) is 41.0 Å². The maximum atomic E-state index is 3.57. The fourth-order valence-electron chi connectivity index (χ4n) is 1.51. The first-order chi connectivity index (χ1) is 6.56. The van der Waals surface area contributed by atoms with Gasteiger partial charge in [-0.15, -0.1) is 0 Å². The van der Waals surface area contributed by atoms with Crippen molar-refractivity contribution in [2.45, 2.75) is 47.1 Å². The summed E-state index contributed by atoms with van der Waals surface area (Å²) in [6.45, 7) is 12.5. The third-order valence-corrected chi connectivity index (χ3v) is 3.56. The number of thioether (sulfide) groups is 1. The fraction of sp³-hybridized carbons (Fsp3) is 1.00. The van der Waals surface area contributed by atoms with Crippen LogP contribution >= 0.6 is 11.8 Å². The molecule has 0 aromatic heterocycles. The van der Waals surface area contributed by atoms with E-state index in [9.17, 15) is 0 Å². The Balaban J connectivity index is 3.61. The lowest BCUT2D eigenvalue weighted by Crippen LogP contribution is -2.32. The molecule has 0 aliphatic heterocycles. The van der Waals surface area contributed by atoms with E-state index in [0.29, 0.717) is 6.04 Å². The highest BCUT2D eigenvalue weighted by molar-refractivity contribution is 7.99. The second-order valence-corrected chi connectivity index (χ2v) is 5.89. The van der Waals surface area contributed by atoms with E-state index in [4.69, 9.17) is 0 Å². The predicted molar refractivity (Wildman–Crippen MR) is 69.1 cm³/mol. The zero-order chi connectivity index (χ0) is 11.0. The Morgan fingerprint density at radius 2 is 1.64 bits per heavy atom. The molecule has 0 saturated heterocycles.